The Morgan fingerprint density at radius 2 is 1.71 bits per heavy atom. The highest BCUT2D eigenvalue weighted by molar-refractivity contribution is 6.06. The van der Waals surface area contributed by atoms with Crippen LogP contribution in [0.5, 0.6) is 0 Å². The van der Waals surface area contributed by atoms with Crippen molar-refractivity contribution in [3.05, 3.63) is 48.5 Å². The van der Waals surface area contributed by atoms with E-state index in [9.17, 15) is 14.4 Å². The van der Waals surface area contributed by atoms with Crippen molar-refractivity contribution in [3.8, 4) is 0 Å². The second-order valence-corrected chi connectivity index (χ2v) is 6.82. The van der Waals surface area contributed by atoms with E-state index in [0.717, 1.165) is 0 Å². The Labute approximate surface area is 162 Å². The third-order valence-corrected chi connectivity index (χ3v) is 3.27. The van der Waals surface area contributed by atoms with Crippen LogP contribution in [0.25, 0.3) is 0 Å². The van der Waals surface area contributed by atoms with E-state index in [1.807, 2.05) is 0 Å². The summed E-state index contributed by atoms with van der Waals surface area (Å²) in [4.78, 5) is 43.7. The average Bonchev–Trinajstić information content (AvgIpc) is 2.62. The zero-order chi connectivity index (χ0) is 20.6. The standard InChI is InChI=1S/C19H23N5O4/c1-19(2,3)28-18(27)22-9-8-16(25)23-13-6-4-5-7-14(13)24-17(26)15-12-20-10-11-21-15/h4-7,10-12H,8-9H2,1-3H3,(H,22,27)(H,23,25)(H,24,26). The predicted octanol–water partition coefficient (Wildman–Crippen LogP) is 2.58. The molecule has 0 unspecified atom stereocenters. The van der Waals surface area contributed by atoms with Gasteiger partial charge in [-0.25, -0.2) is 9.78 Å². The number of hydrogen-bond donors (Lipinski definition) is 3. The molecule has 0 atom stereocenters. The fraction of sp³-hybridized carbons (Fsp3) is 0.316. The van der Waals surface area contributed by atoms with Crippen LogP contribution in [0, 0.1) is 0 Å². The molecule has 3 amide bonds. The van der Waals surface area contributed by atoms with Gasteiger partial charge in [0.1, 0.15) is 11.3 Å². The van der Waals surface area contributed by atoms with Crippen LogP contribution in [-0.4, -0.2) is 40.0 Å². The van der Waals surface area contributed by atoms with Crippen LogP contribution < -0.4 is 16.0 Å². The fourth-order valence-electron chi connectivity index (χ4n) is 2.11. The largest absolute Gasteiger partial charge is 0.444 e. The number of carbonyl (C=O) groups is 3. The molecule has 2 aromatic rings. The molecule has 0 radical (unpaired) electrons. The Morgan fingerprint density at radius 1 is 1.04 bits per heavy atom. The maximum absolute atomic E-state index is 12.2. The summed E-state index contributed by atoms with van der Waals surface area (Å²) in [5, 5.41) is 7.91. The lowest BCUT2D eigenvalue weighted by molar-refractivity contribution is -0.116. The minimum atomic E-state index is -0.605. The second-order valence-electron chi connectivity index (χ2n) is 6.82. The zero-order valence-corrected chi connectivity index (χ0v) is 16.0. The maximum atomic E-state index is 12.2. The van der Waals surface area contributed by atoms with Gasteiger partial charge in [-0.2, -0.15) is 0 Å². The van der Waals surface area contributed by atoms with Gasteiger partial charge in [-0.3, -0.25) is 14.6 Å². The molecule has 0 fully saturated rings. The van der Waals surface area contributed by atoms with Gasteiger partial charge >= 0.3 is 6.09 Å². The predicted molar refractivity (Wildman–Crippen MR) is 104 cm³/mol. The number of rotatable bonds is 6. The number of anilines is 2. The summed E-state index contributed by atoms with van der Waals surface area (Å²) in [7, 11) is 0. The van der Waals surface area contributed by atoms with E-state index in [0.29, 0.717) is 11.4 Å². The molecule has 0 saturated heterocycles. The molecule has 1 aromatic heterocycles. The first-order valence-electron chi connectivity index (χ1n) is 8.68. The molecule has 28 heavy (non-hydrogen) atoms. The molecule has 9 nitrogen and oxygen atoms in total. The van der Waals surface area contributed by atoms with Crippen LogP contribution >= 0.6 is 0 Å². The minimum Gasteiger partial charge on any atom is -0.444 e. The summed E-state index contributed by atoms with van der Waals surface area (Å²) in [5.41, 5.74) is 0.408. The lowest BCUT2D eigenvalue weighted by atomic mass is 10.2. The van der Waals surface area contributed by atoms with E-state index in [-0.39, 0.29) is 24.6 Å². The lowest BCUT2D eigenvalue weighted by Gasteiger charge is -2.19. The second kappa shape index (κ2) is 9.45. The van der Waals surface area contributed by atoms with Gasteiger partial charge in [-0.1, -0.05) is 12.1 Å². The Morgan fingerprint density at radius 3 is 2.32 bits per heavy atom. The molecule has 0 aliphatic rings. The highest BCUT2D eigenvalue weighted by Crippen LogP contribution is 2.21. The number of nitrogens with one attached hydrogen (secondary N) is 3. The SMILES string of the molecule is CC(C)(C)OC(=O)NCCC(=O)Nc1ccccc1NC(=O)c1cnccn1. The number of aromatic nitrogens is 2. The number of benzene rings is 1. The molecule has 0 bridgehead atoms. The van der Waals surface area contributed by atoms with Crippen molar-refractivity contribution in [2.45, 2.75) is 32.8 Å². The highest BCUT2D eigenvalue weighted by Gasteiger charge is 2.16. The van der Waals surface area contributed by atoms with E-state index in [2.05, 4.69) is 25.9 Å². The third-order valence-electron chi connectivity index (χ3n) is 3.27. The van der Waals surface area contributed by atoms with Crippen LogP contribution in [0.3, 0.4) is 0 Å². The molecule has 148 valence electrons. The van der Waals surface area contributed by atoms with Crippen molar-refractivity contribution in [3.63, 3.8) is 0 Å². The number of alkyl carbamates (subject to hydrolysis) is 1. The molecule has 0 saturated carbocycles. The Bertz CT molecular complexity index is 834. The van der Waals surface area contributed by atoms with Crippen LogP contribution in [0.2, 0.25) is 0 Å². The quantitative estimate of drug-likeness (QED) is 0.702. The van der Waals surface area contributed by atoms with E-state index in [1.54, 1.807) is 45.0 Å². The molecule has 0 aliphatic heterocycles. The van der Waals surface area contributed by atoms with Crippen molar-refractivity contribution in [2.75, 3.05) is 17.2 Å². The molecule has 0 spiro atoms. The van der Waals surface area contributed by atoms with Gasteiger partial charge < -0.3 is 20.7 Å². The molecular weight excluding hydrogens is 362 g/mol. The van der Waals surface area contributed by atoms with Crippen LogP contribution in [0.1, 0.15) is 37.7 Å². The van der Waals surface area contributed by atoms with E-state index in [4.69, 9.17) is 4.74 Å². The smallest absolute Gasteiger partial charge is 0.407 e. The Balaban J connectivity index is 1.89. The van der Waals surface area contributed by atoms with Crippen LogP contribution in [0.4, 0.5) is 16.2 Å². The summed E-state index contributed by atoms with van der Waals surface area (Å²) in [6.07, 6.45) is 3.69. The molecule has 3 N–H and O–H groups in total. The summed E-state index contributed by atoms with van der Waals surface area (Å²) >= 11 is 0. The Hall–Kier alpha value is -3.49. The van der Waals surface area contributed by atoms with E-state index >= 15 is 0 Å². The van der Waals surface area contributed by atoms with Crippen molar-refractivity contribution in [1.29, 1.82) is 0 Å². The van der Waals surface area contributed by atoms with Gasteiger partial charge in [-0.15, -0.1) is 0 Å². The van der Waals surface area contributed by atoms with Crippen LogP contribution in [-0.2, 0) is 9.53 Å². The molecule has 1 heterocycles. The molecule has 0 aliphatic carbocycles. The van der Waals surface area contributed by atoms with Gasteiger partial charge in [0.25, 0.3) is 5.91 Å². The van der Waals surface area contributed by atoms with E-state index < -0.39 is 17.6 Å². The monoisotopic (exact) mass is 385 g/mol. The van der Waals surface area contributed by atoms with Gasteiger partial charge in [0.2, 0.25) is 5.91 Å². The maximum Gasteiger partial charge on any atom is 0.407 e. The number of ether oxygens (including phenoxy) is 1. The van der Waals surface area contributed by atoms with E-state index in [1.165, 1.54) is 18.6 Å². The number of para-hydroxylation sites is 2. The van der Waals surface area contributed by atoms with Crippen LogP contribution in [0.15, 0.2) is 42.9 Å². The van der Waals surface area contributed by atoms with Gasteiger partial charge in [0.05, 0.1) is 17.6 Å². The first-order valence-corrected chi connectivity index (χ1v) is 8.68. The van der Waals surface area contributed by atoms with Crippen molar-refractivity contribution in [1.82, 2.24) is 15.3 Å². The van der Waals surface area contributed by atoms with Gasteiger partial charge in [0.15, 0.2) is 0 Å². The number of amides is 3. The summed E-state index contributed by atoms with van der Waals surface area (Å²) in [6.45, 7) is 5.39. The fourth-order valence-corrected chi connectivity index (χ4v) is 2.11. The molecule has 1 aromatic carbocycles. The van der Waals surface area contributed by atoms with Crippen molar-refractivity contribution >= 4 is 29.3 Å². The highest BCUT2D eigenvalue weighted by atomic mass is 16.6. The third kappa shape index (κ3) is 7.02. The average molecular weight is 385 g/mol. The number of carbonyl (C=O) groups excluding carboxylic acids is 3. The first kappa shape index (κ1) is 20.8. The topological polar surface area (TPSA) is 122 Å². The first-order chi connectivity index (χ1) is 13.2. The summed E-state index contributed by atoms with van der Waals surface area (Å²) in [6, 6.07) is 6.77. The minimum absolute atomic E-state index is 0.0473. The van der Waals surface area contributed by atoms with Gasteiger partial charge in [-0.05, 0) is 32.9 Å². The van der Waals surface area contributed by atoms with Crippen molar-refractivity contribution in [2.24, 2.45) is 0 Å². The molecule has 2 rings (SSSR count). The zero-order valence-electron chi connectivity index (χ0n) is 16.0. The molecule has 9 heteroatoms. The van der Waals surface area contributed by atoms with Crippen molar-refractivity contribution < 1.29 is 19.1 Å². The summed E-state index contributed by atoms with van der Waals surface area (Å²) < 4.78 is 5.10. The van der Waals surface area contributed by atoms with Gasteiger partial charge in [0, 0.05) is 25.4 Å². The summed E-state index contributed by atoms with van der Waals surface area (Å²) in [5.74, 6) is -0.765. The Kier molecular flexibility index (Phi) is 7.02. The molecular formula is C19H23N5O4. The number of nitrogens with zero attached hydrogens (tertiary/aromatic N) is 2. The normalized spacial score (nSPS) is 10.7. The number of hydrogen-bond acceptors (Lipinski definition) is 6. The lowest BCUT2D eigenvalue weighted by Crippen LogP contribution is -2.34.